The number of hydrogen-bond acceptors (Lipinski definition) is 4. The van der Waals surface area contributed by atoms with Gasteiger partial charge in [0.05, 0.1) is 5.02 Å². The molecule has 2 rings (SSSR count). The lowest BCUT2D eigenvalue weighted by atomic mass is 10.2. The molecule has 1 aromatic heterocycles. The summed E-state index contributed by atoms with van der Waals surface area (Å²) in [4.78, 5) is 21.5. The highest BCUT2D eigenvalue weighted by atomic mass is 35.5. The van der Waals surface area contributed by atoms with Crippen LogP contribution < -0.4 is 0 Å². The lowest BCUT2D eigenvalue weighted by molar-refractivity contribution is -0.129. The van der Waals surface area contributed by atoms with Gasteiger partial charge in [-0.05, 0) is 23.2 Å². The third-order valence-corrected chi connectivity index (χ3v) is 4.15. The highest BCUT2D eigenvalue weighted by molar-refractivity contribution is 7.23. The number of carbonyl (C=O) groups excluding carboxylic acids is 2. The Balaban J connectivity index is 2.48. The Bertz CT molecular complexity index is 592. The van der Waals surface area contributed by atoms with Crippen LogP contribution in [0, 0.1) is 0 Å². The van der Waals surface area contributed by atoms with Crippen molar-refractivity contribution in [3.63, 3.8) is 0 Å². The second kappa shape index (κ2) is 5.04. The van der Waals surface area contributed by atoms with E-state index in [2.05, 4.69) is 4.74 Å². The molecule has 0 unspecified atom stereocenters. The zero-order valence-electron chi connectivity index (χ0n) is 8.41. The van der Waals surface area contributed by atoms with Gasteiger partial charge in [-0.2, -0.15) is 0 Å². The Morgan fingerprint density at radius 3 is 2.88 bits per heavy atom. The van der Waals surface area contributed by atoms with E-state index in [1.54, 1.807) is 12.1 Å². The summed E-state index contributed by atoms with van der Waals surface area (Å²) in [6.07, 6.45) is 0. The third kappa shape index (κ3) is 2.44. The SMILES string of the molecule is O=COCc1ccc2c(Cl)c(C(=O)Cl)sc2c1. The molecular formula is C11H6Cl2O3S. The number of hydrogen-bond donors (Lipinski definition) is 0. The predicted molar refractivity (Wildman–Crippen MR) is 67.9 cm³/mol. The first-order valence-corrected chi connectivity index (χ1v) is 6.16. The molecule has 0 saturated heterocycles. The minimum absolute atomic E-state index is 0.194. The molecule has 2 aromatic rings. The molecule has 0 saturated carbocycles. The van der Waals surface area contributed by atoms with Gasteiger partial charge in [-0.1, -0.05) is 23.7 Å². The molecule has 1 heterocycles. The van der Waals surface area contributed by atoms with Crippen molar-refractivity contribution < 1.29 is 14.3 Å². The molecule has 6 heteroatoms. The zero-order chi connectivity index (χ0) is 12.4. The second-order valence-corrected chi connectivity index (χ2v) is 5.03. The lowest BCUT2D eigenvalue weighted by Crippen LogP contribution is -1.88. The minimum Gasteiger partial charge on any atom is -0.463 e. The maximum atomic E-state index is 11.1. The van der Waals surface area contributed by atoms with Crippen LogP contribution in [0.5, 0.6) is 0 Å². The number of rotatable bonds is 4. The number of fused-ring (bicyclic) bond motifs is 1. The van der Waals surface area contributed by atoms with Gasteiger partial charge < -0.3 is 4.74 Å². The number of halogens is 2. The van der Waals surface area contributed by atoms with E-state index in [0.717, 1.165) is 15.6 Å². The molecular weight excluding hydrogens is 283 g/mol. The highest BCUT2D eigenvalue weighted by Crippen LogP contribution is 2.36. The summed E-state index contributed by atoms with van der Waals surface area (Å²) in [5, 5.41) is 0.574. The molecule has 0 atom stereocenters. The summed E-state index contributed by atoms with van der Waals surface area (Å²) < 4.78 is 5.49. The Hall–Kier alpha value is -1.10. The van der Waals surface area contributed by atoms with Crippen LogP contribution in [-0.2, 0) is 16.1 Å². The van der Waals surface area contributed by atoms with Crippen LogP contribution in [0.3, 0.4) is 0 Å². The molecule has 17 heavy (non-hydrogen) atoms. The lowest BCUT2D eigenvalue weighted by Gasteiger charge is -1.99. The van der Waals surface area contributed by atoms with Crippen molar-refractivity contribution in [1.82, 2.24) is 0 Å². The third-order valence-electron chi connectivity index (χ3n) is 2.19. The van der Waals surface area contributed by atoms with Gasteiger partial charge in [-0.25, -0.2) is 0 Å². The monoisotopic (exact) mass is 288 g/mol. The molecule has 0 aliphatic heterocycles. The van der Waals surface area contributed by atoms with Gasteiger partial charge in [0.15, 0.2) is 0 Å². The minimum atomic E-state index is -0.568. The van der Waals surface area contributed by atoms with Gasteiger partial charge in [0.25, 0.3) is 11.7 Å². The van der Waals surface area contributed by atoms with Crippen LogP contribution in [0.15, 0.2) is 18.2 Å². The summed E-state index contributed by atoms with van der Waals surface area (Å²) in [6.45, 7) is 0.582. The smallest absolute Gasteiger partial charge is 0.293 e. The Labute approximate surface area is 111 Å². The van der Waals surface area contributed by atoms with E-state index in [0.29, 0.717) is 16.4 Å². The number of benzene rings is 1. The van der Waals surface area contributed by atoms with E-state index in [1.807, 2.05) is 6.07 Å². The Morgan fingerprint density at radius 1 is 1.47 bits per heavy atom. The van der Waals surface area contributed by atoms with Gasteiger partial charge >= 0.3 is 0 Å². The van der Waals surface area contributed by atoms with Crippen LogP contribution in [0.2, 0.25) is 5.02 Å². The van der Waals surface area contributed by atoms with Crippen molar-refractivity contribution in [3.05, 3.63) is 33.7 Å². The Morgan fingerprint density at radius 2 is 2.24 bits per heavy atom. The normalized spacial score (nSPS) is 10.5. The molecule has 3 nitrogen and oxygen atoms in total. The van der Waals surface area contributed by atoms with Gasteiger partial charge in [0.2, 0.25) is 0 Å². The van der Waals surface area contributed by atoms with E-state index < -0.39 is 5.24 Å². The van der Waals surface area contributed by atoms with Crippen molar-refractivity contribution in [1.29, 1.82) is 0 Å². The van der Waals surface area contributed by atoms with Crippen LogP contribution >= 0.6 is 34.5 Å². The fourth-order valence-corrected chi connectivity index (χ4v) is 3.13. The first kappa shape index (κ1) is 12.4. The maximum absolute atomic E-state index is 11.1. The second-order valence-electron chi connectivity index (χ2n) is 3.26. The van der Waals surface area contributed by atoms with Gasteiger partial charge in [-0.3, -0.25) is 9.59 Å². The Kier molecular flexibility index (Phi) is 3.66. The molecule has 1 aromatic carbocycles. The average Bonchev–Trinajstić information content (AvgIpc) is 2.64. The first-order valence-electron chi connectivity index (χ1n) is 4.59. The van der Waals surface area contributed by atoms with Gasteiger partial charge in [0.1, 0.15) is 11.5 Å². The fraction of sp³-hybridized carbons (Fsp3) is 0.0909. The summed E-state index contributed by atoms with van der Waals surface area (Å²) in [5.74, 6) is 0. The van der Waals surface area contributed by atoms with Crippen LogP contribution in [0.25, 0.3) is 10.1 Å². The molecule has 0 fully saturated rings. The van der Waals surface area contributed by atoms with Crippen LogP contribution in [0.1, 0.15) is 15.2 Å². The van der Waals surface area contributed by atoms with E-state index in [4.69, 9.17) is 23.2 Å². The zero-order valence-corrected chi connectivity index (χ0v) is 10.7. The molecule has 88 valence electrons. The van der Waals surface area contributed by atoms with Crippen molar-refractivity contribution in [2.24, 2.45) is 0 Å². The number of thiophene rings is 1. The van der Waals surface area contributed by atoms with Crippen LogP contribution in [-0.4, -0.2) is 11.7 Å². The quantitative estimate of drug-likeness (QED) is 0.638. The summed E-state index contributed by atoms with van der Waals surface area (Å²) in [6, 6.07) is 5.38. The molecule has 0 aliphatic carbocycles. The molecule has 0 amide bonds. The van der Waals surface area contributed by atoms with Crippen LogP contribution in [0.4, 0.5) is 0 Å². The molecule has 0 N–H and O–H groups in total. The van der Waals surface area contributed by atoms with Gasteiger partial charge in [0, 0.05) is 10.1 Å². The number of ether oxygens (including phenoxy) is 1. The average molecular weight is 289 g/mol. The van der Waals surface area contributed by atoms with Crippen molar-refractivity contribution in [2.75, 3.05) is 0 Å². The largest absolute Gasteiger partial charge is 0.463 e. The topological polar surface area (TPSA) is 43.4 Å². The molecule has 0 radical (unpaired) electrons. The standard InChI is InChI=1S/C11H6Cl2O3S/c12-9-7-2-1-6(4-16-5-14)3-8(7)17-10(9)11(13)15/h1-3,5H,4H2. The highest BCUT2D eigenvalue weighted by Gasteiger charge is 2.15. The molecule has 0 aliphatic rings. The van der Waals surface area contributed by atoms with Crippen molar-refractivity contribution in [2.45, 2.75) is 6.61 Å². The molecule has 0 spiro atoms. The summed E-state index contributed by atoms with van der Waals surface area (Å²) >= 11 is 12.7. The van der Waals surface area contributed by atoms with E-state index in [1.165, 1.54) is 11.3 Å². The summed E-state index contributed by atoms with van der Waals surface area (Å²) in [7, 11) is 0. The predicted octanol–water partition coefficient (Wildman–Crippen LogP) is 3.61. The van der Waals surface area contributed by atoms with Crippen molar-refractivity contribution in [3.8, 4) is 0 Å². The van der Waals surface area contributed by atoms with Crippen molar-refractivity contribution >= 4 is 56.3 Å². The first-order chi connectivity index (χ1) is 8.13. The number of carbonyl (C=O) groups is 2. The molecule has 0 bridgehead atoms. The fourth-order valence-electron chi connectivity index (χ4n) is 1.46. The van der Waals surface area contributed by atoms with E-state index in [9.17, 15) is 9.59 Å². The maximum Gasteiger partial charge on any atom is 0.293 e. The van der Waals surface area contributed by atoms with E-state index >= 15 is 0 Å². The van der Waals surface area contributed by atoms with E-state index in [-0.39, 0.29) is 6.61 Å². The van der Waals surface area contributed by atoms with Gasteiger partial charge in [-0.15, -0.1) is 11.3 Å². The summed E-state index contributed by atoms with van der Waals surface area (Å²) in [5.41, 5.74) is 0.830.